The van der Waals surface area contributed by atoms with Crippen molar-refractivity contribution in [1.82, 2.24) is 35.7 Å². The van der Waals surface area contributed by atoms with Gasteiger partial charge >= 0.3 is 0 Å². The number of hydrogen-bond acceptors (Lipinski definition) is 10. The van der Waals surface area contributed by atoms with Crippen LogP contribution in [-0.4, -0.2) is 139 Å². The van der Waals surface area contributed by atoms with Crippen LogP contribution in [0.15, 0.2) is 12.2 Å². The maximum absolute atomic E-state index is 12.7. The summed E-state index contributed by atoms with van der Waals surface area (Å²) in [4.78, 5) is 101. The van der Waals surface area contributed by atoms with Crippen molar-refractivity contribution in [3.63, 3.8) is 0 Å². The van der Waals surface area contributed by atoms with Crippen molar-refractivity contribution in [2.24, 2.45) is 11.6 Å². The van der Waals surface area contributed by atoms with Crippen LogP contribution < -0.4 is 27.5 Å². The summed E-state index contributed by atoms with van der Waals surface area (Å²) in [5.41, 5.74) is 5.26. The number of Topliss-reactive ketones (excluding diaryl/α,β-unsaturated/α-hetero) is 1. The van der Waals surface area contributed by atoms with Crippen LogP contribution >= 0.6 is 0 Å². The molecule has 7 amide bonds. The molecule has 0 saturated carbocycles. The van der Waals surface area contributed by atoms with Gasteiger partial charge in [-0.25, -0.2) is 5.84 Å². The summed E-state index contributed by atoms with van der Waals surface area (Å²) >= 11 is 0. The maximum Gasteiger partial charge on any atom is 0.256 e. The lowest BCUT2D eigenvalue weighted by molar-refractivity contribution is -0.142. The summed E-state index contributed by atoms with van der Waals surface area (Å²) < 4.78 is 0. The van der Waals surface area contributed by atoms with Crippen molar-refractivity contribution in [1.29, 1.82) is 0 Å². The molecule has 0 radical (unpaired) electrons. The molecule has 0 aromatic rings. The predicted molar refractivity (Wildman–Crippen MR) is 160 cm³/mol. The van der Waals surface area contributed by atoms with E-state index < -0.39 is 79.6 Å². The Labute approximate surface area is 257 Å². The van der Waals surface area contributed by atoms with Gasteiger partial charge in [-0.05, 0) is 40.0 Å². The molecule has 17 heteroatoms. The summed E-state index contributed by atoms with van der Waals surface area (Å²) in [7, 11) is 4.27. The zero-order valence-corrected chi connectivity index (χ0v) is 26.4. The highest BCUT2D eigenvalue weighted by Crippen LogP contribution is 2.10. The van der Waals surface area contributed by atoms with Gasteiger partial charge in [-0.15, -0.1) is 0 Å². The molecule has 7 N–H and O–H groups in total. The fraction of sp³-hybridized carbons (Fsp3) is 0.630. The van der Waals surface area contributed by atoms with Gasteiger partial charge in [0.15, 0.2) is 5.78 Å². The number of nitrogens with one attached hydrogen (secondary N) is 3. The number of hydrogen-bond donors (Lipinski definition) is 5. The van der Waals surface area contributed by atoms with Crippen LogP contribution in [0.3, 0.4) is 0 Å². The lowest BCUT2D eigenvalue weighted by Gasteiger charge is -2.28. The van der Waals surface area contributed by atoms with Crippen molar-refractivity contribution in [2.75, 3.05) is 60.4 Å². The molecule has 2 atom stereocenters. The number of nitrogens with zero attached hydrogens (tertiary/aromatic N) is 4. The molecule has 44 heavy (non-hydrogen) atoms. The number of amides is 7. The second-order valence-electron chi connectivity index (χ2n) is 10.1. The minimum atomic E-state index is -0.900. The minimum absolute atomic E-state index is 0.158. The first-order valence-electron chi connectivity index (χ1n) is 14.0. The maximum atomic E-state index is 12.7. The van der Waals surface area contributed by atoms with Crippen LogP contribution in [0.4, 0.5) is 0 Å². The number of nitrogens with two attached hydrogens (primary N) is 2. The van der Waals surface area contributed by atoms with E-state index in [1.54, 1.807) is 0 Å². The number of carbonyl (C=O) groups excluding carboxylic acids is 8. The third-order valence-electron chi connectivity index (χ3n) is 6.67. The van der Waals surface area contributed by atoms with Gasteiger partial charge in [0.1, 0.15) is 12.6 Å². The molecule has 0 aliphatic carbocycles. The summed E-state index contributed by atoms with van der Waals surface area (Å²) in [6.45, 7) is 2.01. The van der Waals surface area contributed by atoms with Gasteiger partial charge in [-0.1, -0.05) is 12.2 Å². The third kappa shape index (κ3) is 14.7. The molecule has 0 aliphatic heterocycles. The molecule has 0 fully saturated rings. The minimum Gasteiger partial charge on any atom is -0.345 e. The smallest absolute Gasteiger partial charge is 0.256 e. The van der Waals surface area contributed by atoms with E-state index >= 15 is 0 Å². The molecule has 0 aliphatic rings. The fourth-order valence-corrected chi connectivity index (χ4v) is 3.64. The van der Waals surface area contributed by atoms with Crippen LogP contribution in [-0.2, 0) is 38.4 Å². The van der Waals surface area contributed by atoms with E-state index in [9.17, 15) is 38.4 Å². The Balaban J connectivity index is 4.55. The second-order valence-corrected chi connectivity index (χ2v) is 10.1. The van der Waals surface area contributed by atoms with Gasteiger partial charge in [0, 0.05) is 21.1 Å². The number of rotatable bonds is 19. The van der Waals surface area contributed by atoms with E-state index in [4.69, 9.17) is 11.6 Å². The van der Waals surface area contributed by atoms with E-state index in [0.29, 0.717) is 11.4 Å². The number of allylic oxidation sites excluding steroid dienone is 2. The zero-order valence-electron chi connectivity index (χ0n) is 26.4. The molecule has 0 aromatic heterocycles. The van der Waals surface area contributed by atoms with Gasteiger partial charge in [0.05, 0.1) is 38.8 Å². The number of carbonyl (C=O) groups is 8. The number of hydrazine groups is 1. The molecule has 0 spiro atoms. The molecule has 0 saturated heterocycles. The molecule has 248 valence electrons. The Kier molecular flexibility index (Phi) is 18.5. The average molecular weight is 626 g/mol. The molecule has 0 bridgehead atoms. The Morgan fingerprint density at radius 3 is 1.93 bits per heavy atom. The second kappa shape index (κ2) is 20.5. The summed E-state index contributed by atoms with van der Waals surface area (Å²) in [6, 6.07) is -1.51. The van der Waals surface area contributed by atoms with Gasteiger partial charge in [-0.2, -0.15) is 0 Å². The highest BCUT2D eigenvalue weighted by molar-refractivity contribution is 5.93. The van der Waals surface area contributed by atoms with E-state index in [-0.39, 0.29) is 18.9 Å². The van der Waals surface area contributed by atoms with Crippen molar-refractivity contribution < 1.29 is 38.4 Å². The third-order valence-corrected chi connectivity index (χ3v) is 6.67. The van der Waals surface area contributed by atoms with Crippen LogP contribution in [0, 0.1) is 0 Å². The summed E-state index contributed by atoms with van der Waals surface area (Å²) in [6.07, 6.45) is 5.87. The first kappa shape index (κ1) is 39.6. The van der Waals surface area contributed by atoms with Gasteiger partial charge < -0.3 is 36.4 Å². The van der Waals surface area contributed by atoms with E-state index in [1.165, 1.54) is 39.9 Å². The molecule has 17 nitrogen and oxygen atoms in total. The van der Waals surface area contributed by atoms with E-state index in [1.807, 2.05) is 19.1 Å². The van der Waals surface area contributed by atoms with E-state index in [0.717, 1.165) is 22.6 Å². The van der Waals surface area contributed by atoms with Crippen LogP contribution in [0.5, 0.6) is 0 Å². The standard InChI is InChI=1S/C27H47N9O8/c1-7-8-9-10-11-20(19(3)37)35(6)26(43)17-33(4)24(41)14-31-21(38)13-30-22(39)16-36(29)25(42)15-32-27(44)18(2)34(5)23(40)12-28/h7-8,18,20H,9-17,28-29H2,1-6H3,(H,30,39)(H,31,38)(H,32,44)/b8-7+/t18-,20?/m0/s1. The SMILES string of the molecule is C/C=C/CCCC(C(C)=O)N(C)C(=O)CN(C)C(=O)CNC(=O)CNC(=O)CN(N)C(=O)CNC(=O)[C@H](C)N(C)C(=O)CN. The van der Waals surface area contributed by atoms with Gasteiger partial charge in [0.25, 0.3) is 5.91 Å². The van der Waals surface area contributed by atoms with Gasteiger partial charge in [-0.3, -0.25) is 43.4 Å². The van der Waals surface area contributed by atoms with Crippen LogP contribution in [0.1, 0.15) is 40.0 Å². The Morgan fingerprint density at radius 1 is 0.773 bits per heavy atom. The highest BCUT2D eigenvalue weighted by Gasteiger charge is 2.26. The Bertz CT molecular complexity index is 1080. The lowest BCUT2D eigenvalue weighted by Crippen LogP contribution is -2.52. The van der Waals surface area contributed by atoms with E-state index in [2.05, 4.69) is 16.0 Å². The molecule has 0 aromatic carbocycles. The lowest BCUT2D eigenvalue weighted by atomic mass is 10.0. The Morgan fingerprint density at radius 2 is 1.36 bits per heavy atom. The fourth-order valence-electron chi connectivity index (χ4n) is 3.64. The van der Waals surface area contributed by atoms with Crippen LogP contribution in [0.25, 0.3) is 0 Å². The van der Waals surface area contributed by atoms with Gasteiger partial charge in [0.2, 0.25) is 35.4 Å². The molecule has 0 heterocycles. The van der Waals surface area contributed by atoms with Crippen molar-refractivity contribution in [3.8, 4) is 0 Å². The molecular weight excluding hydrogens is 578 g/mol. The first-order chi connectivity index (χ1) is 20.6. The number of likely N-dealkylation sites (N-methyl/N-ethyl adjacent to an activating group) is 3. The first-order valence-corrected chi connectivity index (χ1v) is 14.0. The number of ketones is 1. The Hall–Kier alpha value is -4.38. The number of unbranched alkanes of at least 4 members (excludes halogenated alkanes) is 1. The molecule has 1 unspecified atom stereocenters. The quantitative estimate of drug-likeness (QED) is 0.0312. The molecule has 0 rings (SSSR count). The summed E-state index contributed by atoms with van der Waals surface area (Å²) in [5.74, 6) is 0.981. The average Bonchev–Trinajstić information content (AvgIpc) is 2.99. The largest absolute Gasteiger partial charge is 0.345 e. The zero-order chi connectivity index (χ0) is 34.0. The predicted octanol–water partition coefficient (Wildman–Crippen LogP) is -3.54. The topological polar surface area (TPSA) is 238 Å². The van der Waals surface area contributed by atoms with Crippen molar-refractivity contribution in [3.05, 3.63) is 12.2 Å². The molecular formula is C27H47N9O8. The monoisotopic (exact) mass is 625 g/mol. The van der Waals surface area contributed by atoms with Crippen molar-refractivity contribution in [2.45, 2.75) is 52.1 Å². The van der Waals surface area contributed by atoms with Crippen LogP contribution in [0.2, 0.25) is 0 Å². The highest BCUT2D eigenvalue weighted by atomic mass is 16.2. The van der Waals surface area contributed by atoms with Crippen molar-refractivity contribution >= 4 is 47.1 Å². The normalized spacial score (nSPS) is 12.0. The summed E-state index contributed by atoms with van der Waals surface area (Å²) in [5, 5.41) is 7.41.